The zero-order valence-electron chi connectivity index (χ0n) is 19.6. The Morgan fingerprint density at radius 3 is 2.03 bits per heavy atom. The van der Waals surface area contributed by atoms with Gasteiger partial charge in [0.1, 0.15) is 5.75 Å². The van der Waals surface area contributed by atoms with Crippen molar-refractivity contribution in [2.24, 2.45) is 5.92 Å². The number of ether oxygens (including phenoxy) is 1. The summed E-state index contributed by atoms with van der Waals surface area (Å²) in [5.41, 5.74) is 0.977. The predicted octanol–water partition coefficient (Wildman–Crippen LogP) is 8.13. The molecule has 0 aliphatic carbocycles. The number of benzene rings is 1. The highest BCUT2D eigenvalue weighted by Crippen LogP contribution is 2.23. The zero-order valence-corrected chi connectivity index (χ0v) is 20.5. The number of nitrogens with zero attached hydrogens (tertiary/aromatic N) is 2. The first-order chi connectivity index (χ1) is 15.2. The fourth-order valence-electron chi connectivity index (χ4n) is 3.14. The topological polar surface area (TPSA) is 44.2 Å². The first kappa shape index (κ1) is 25.5. The van der Waals surface area contributed by atoms with Gasteiger partial charge in [0.25, 0.3) is 0 Å². The van der Waals surface area contributed by atoms with Crippen molar-refractivity contribution in [2.75, 3.05) is 12.4 Å². The molecule has 0 N–H and O–H groups in total. The van der Waals surface area contributed by atoms with Crippen molar-refractivity contribution in [1.29, 1.82) is 0 Å². The van der Waals surface area contributed by atoms with Crippen LogP contribution in [0.5, 0.6) is 11.5 Å². The van der Waals surface area contributed by atoms with Gasteiger partial charge < -0.3 is 8.92 Å². The van der Waals surface area contributed by atoms with E-state index in [4.69, 9.17) is 8.92 Å². The molecule has 1 unspecified atom stereocenters. The van der Waals surface area contributed by atoms with Gasteiger partial charge in [-0.2, -0.15) is 0 Å². The summed E-state index contributed by atoms with van der Waals surface area (Å²) in [5.74, 6) is 3.97. The smallest absolute Gasteiger partial charge is 0.159 e. The SMILES string of the molecule is CCCCCCCCCCCOc1cnc(-c2ccc(OSCC(C)CC)cc2)nc1. The van der Waals surface area contributed by atoms with Crippen molar-refractivity contribution >= 4 is 12.0 Å². The molecule has 0 saturated carbocycles. The van der Waals surface area contributed by atoms with Gasteiger partial charge in [-0.15, -0.1) is 0 Å². The summed E-state index contributed by atoms with van der Waals surface area (Å²) in [6.45, 7) is 7.44. The molecule has 2 aromatic rings. The van der Waals surface area contributed by atoms with Crippen LogP contribution < -0.4 is 8.92 Å². The minimum Gasteiger partial charge on any atom is -0.490 e. The third kappa shape index (κ3) is 10.9. The van der Waals surface area contributed by atoms with Crippen LogP contribution in [0.3, 0.4) is 0 Å². The normalized spacial score (nSPS) is 12.0. The van der Waals surface area contributed by atoms with E-state index in [2.05, 4.69) is 30.7 Å². The Morgan fingerprint density at radius 1 is 0.806 bits per heavy atom. The van der Waals surface area contributed by atoms with Crippen molar-refractivity contribution < 1.29 is 8.92 Å². The van der Waals surface area contributed by atoms with Crippen LogP contribution in [0.2, 0.25) is 0 Å². The van der Waals surface area contributed by atoms with Crippen molar-refractivity contribution in [3.8, 4) is 22.9 Å². The fourth-order valence-corrected chi connectivity index (χ4v) is 3.92. The number of hydrogen-bond donors (Lipinski definition) is 0. The average Bonchev–Trinajstić information content (AvgIpc) is 2.81. The Kier molecular flexibility index (Phi) is 13.1. The van der Waals surface area contributed by atoms with Crippen LogP contribution in [0.25, 0.3) is 11.4 Å². The van der Waals surface area contributed by atoms with E-state index < -0.39 is 0 Å². The van der Waals surface area contributed by atoms with E-state index in [1.165, 1.54) is 69.8 Å². The minimum atomic E-state index is 0.665. The quantitative estimate of drug-likeness (QED) is 0.182. The molecule has 1 heterocycles. The third-order valence-electron chi connectivity index (χ3n) is 5.46. The summed E-state index contributed by atoms with van der Waals surface area (Å²) in [7, 11) is 0. The standard InChI is InChI=1S/C26H40N2O2S/c1-4-6-7-8-9-10-11-12-13-18-29-25-19-27-26(28-20-25)23-14-16-24(17-15-23)30-31-21-22(3)5-2/h14-17,19-20,22H,4-13,18,21H2,1-3H3. The highest BCUT2D eigenvalue weighted by atomic mass is 32.2. The van der Waals surface area contributed by atoms with Gasteiger partial charge in [-0.1, -0.05) is 78.6 Å². The molecule has 4 nitrogen and oxygen atoms in total. The Balaban J connectivity index is 1.63. The molecule has 0 amide bonds. The Hall–Kier alpha value is -1.75. The number of rotatable bonds is 17. The second-order valence-corrected chi connectivity index (χ2v) is 9.06. The van der Waals surface area contributed by atoms with Crippen LogP contribution in [0.4, 0.5) is 0 Å². The fraction of sp³-hybridized carbons (Fsp3) is 0.615. The maximum atomic E-state index is 5.80. The van der Waals surface area contributed by atoms with Crippen LogP contribution in [0.15, 0.2) is 36.7 Å². The highest BCUT2D eigenvalue weighted by Gasteiger charge is 2.05. The largest absolute Gasteiger partial charge is 0.490 e. The van der Waals surface area contributed by atoms with Crippen molar-refractivity contribution in [3.05, 3.63) is 36.7 Å². The van der Waals surface area contributed by atoms with Gasteiger partial charge in [0.15, 0.2) is 11.6 Å². The molecule has 0 bridgehead atoms. The van der Waals surface area contributed by atoms with Crippen LogP contribution in [-0.4, -0.2) is 22.3 Å². The van der Waals surface area contributed by atoms with Crippen LogP contribution in [0.1, 0.15) is 85.0 Å². The summed E-state index contributed by atoms with van der Waals surface area (Å²) in [6, 6.07) is 7.93. The second kappa shape index (κ2) is 16.0. The van der Waals surface area contributed by atoms with E-state index >= 15 is 0 Å². The molecular formula is C26H40N2O2S. The molecule has 1 aromatic heterocycles. The molecule has 0 aliphatic heterocycles. The van der Waals surface area contributed by atoms with Gasteiger partial charge in [0.2, 0.25) is 0 Å². The molecule has 5 heteroatoms. The lowest BCUT2D eigenvalue weighted by Gasteiger charge is -2.09. The molecule has 1 aromatic carbocycles. The molecule has 172 valence electrons. The third-order valence-corrected chi connectivity index (χ3v) is 6.48. The van der Waals surface area contributed by atoms with E-state index in [-0.39, 0.29) is 0 Å². The van der Waals surface area contributed by atoms with Gasteiger partial charge in [-0.3, -0.25) is 0 Å². The molecule has 0 aliphatic rings. The van der Waals surface area contributed by atoms with Gasteiger partial charge in [-0.05, 0) is 36.6 Å². The summed E-state index contributed by atoms with van der Waals surface area (Å²) in [6.07, 6.45) is 16.5. The lowest BCUT2D eigenvalue weighted by atomic mass is 10.1. The van der Waals surface area contributed by atoms with E-state index in [1.54, 1.807) is 12.4 Å². The van der Waals surface area contributed by atoms with E-state index in [1.807, 2.05) is 24.3 Å². The molecule has 2 rings (SSSR count). The molecule has 0 saturated heterocycles. The lowest BCUT2D eigenvalue weighted by Crippen LogP contribution is -1.99. The first-order valence-corrected chi connectivity index (χ1v) is 13.0. The van der Waals surface area contributed by atoms with E-state index in [0.717, 1.165) is 35.8 Å². The van der Waals surface area contributed by atoms with Crippen molar-refractivity contribution in [2.45, 2.75) is 85.0 Å². The molecular weight excluding hydrogens is 404 g/mol. The molecule has 1 atom stereocenters. The Bertz CT molecular complexity index is 692. The maximum Gasteiger partial charge on any atom is 0.159 e. The van der Waals surface area contributed by atoms with Gasteiger partial charge in [-0.25, -0.2) is 9.97 Å². The number of unbranched alkanes of at least 4 members (excludes halogenated alkanes) is 8. The summed E-state index contributed by atoms with van der Waals surface area (Å²) in [4.78, 5) is 8.91. The highest BCUT2D eigenvalue weighted by molar-refractivity contribution is 7.95. The second-order valence-electron chi connectivity index (χ2n) is 8.32. The Morgan fingerprint density at radius 2 is 1.42 bits per heavy atom. The van der Waals surface area contributed by atoms with Gasteiger partial charge >= 0.3 is 0 Å². The van der Waals surface area contributed by atoms with Crippen LogP contribution in [-0.2, 0) is 0 Å². The molecule has 0 spiro atoms. The summed E-state index contributed by atoms with van der Waals surface area (Å²) < 4.78 is 11.5. The molecule has 0 radical (unpaired) electrons. The van der Waals surface area contributed by atoms with Crippen molar-refractivity contribution in [3.63, 3.8) is 0 Å². The van der Waals surface area contributed by atoms with Crippen LogP contribution >= 0.6 is 12.0 Å². The van der Waals surface area contributed by atoms with Gasteiger partial charge in [0, 0.05) is 11.3 Å². The van der Waals surface area contributed by atoms with Crippen LogP contribution in [0, 0.1) is 5.92 Å². The molecule has 31 heavy (non-hydrogen) atoms. The lowest BCUT2D eigenvalue weighted by molar-refractivity contribution is 0.302. The maximum absolute atomic E-state index is 5.80. The van der Waals surface area contributed by atoms with E-state index in [0.29, 0.717) is 11.7 Å². The minimum absolute atomic E-state index is 0.665. The van der Waals surface area contributed by atoms with E-state index in [9.17, 15) is 0 Å². The van der Waals surface area contributed by atoms with Crippen molar-refractivity contribution in [1.82, 2.24) is 9.97 Å². The first-order valence-electron chi connectivity index (χ1n) is 12.1. The Labute approximate surface area is 193 Å². The molecule has 0 fully saturated rings. The summed E-state index contributed by atoms with van der Waals surface area (Å²) >= 11 is 1.51. The number of aromatic nitrogens is 2. The average molecular weight is 445 g/mol. The van der Waals surface area contributed by atoms with Gasteiger partial charge in [0.05, 0.1) is 31.0 Å². The predicted molar refractivity (Wildman–Crippen MR) is 133 cm³/mol. The summed E-state index contributed by atoms with van der Waals surface area (Å²) in [5, 5.41) is 0. The monoisotopic (exact) mass is 444 g/mol. The number of hydrogen-bond acceptors (Lipinski definition) is 5. The zero-order chi connectivity index (χ0) is 22.2.